The van der Waals surface area contributed by atoms with E-state index in [4.69, 9.17) is 4.74 Å². The van der Waals surface area contributed by atoms with Gasteiger partial charge in [-0.15, -0.1) is 0 Å². The summed E-state index contributed by atoms with van der Waals surface area (Å²) in [7, 11) is 3.08. The number of benzene rings is 1. The summed E-state index contributed by atoms with van der Waals surface area (Å²) in [5.74, 6) is -0.133. The van der Waals surface area contributed by atoms with Crippen LogP contribution in [0.25, 0.3) is 11.3 Å². The second-order valence-corrected chi connectivity index (χ2v) is 5.95. The zero-order valence-corrected chi connectivity index (χ0v) is 14.8. The maximum Gasteiger partial charge on any atom is 0.270 e. The van der Waals surface area contributed by atoms with E-state index in [1.807, 2.05) is 43.3 Å². The summed E-state index contributed by atoms with van der Waals surface area (Å²) in [6.07, 6.45) is 1.39. The monoisotopic (exact) mass is 352 g/mol. The van der Waals surface area contributed by atoms with Crippen LogP contribution in [-0.4, -0.2) is 40.1 Å². The molecule has 7 nitrogen and oxygen atoms in total. The number of pyridine rings is 1. The van der Waals surface area contributed by atoms with Gasteiger partial charge in [-0.1, -0.05) is 30.3 Å². The third kappa shape index (κ3) is 3.37. The summed E-state index contributed by atoms with van der Waals surface area (Å²) < 4.78 is 4.92. The maximum absolute atomic E-state index is 12.7. The number of hydrogen-bond donors (Lipinski definition) is 2. The number of hydrogen-bond acceptors (Lipinski definition) is 4. The molecule has 1 atom stereocenters. The van der Waals surface area contributed by atoms with Gasteiger partial charge >= 0.3 is 0 Å². The predicted octanol–water partition coefficient (Wildman–Crippen LogP) is 2.61. The van der Waals surface area contributed by atoms with Crippen molar-refractivity contribution in [3.05, 3.63) is 70.3 Å². The highest BCUT2D eigenvalue weighted by molar-refractivity contribution is 5.92. The Labute approximate surface area is 150 Å². The molecule has 2 heterocycles. The molecule has 0 bridgehead atoms. The van der Waals surface area contributed by atoms with Gasteiger partial charge in [0.2, 0.25) is 5.43 Å². The fourth-order valence-electron chi connectivity index (χ4n) is 2.62. The van der Waals surface area contributed by atoms with Crippen molar-refractivity contribution >= 4 is 5.91 Å². The Bertz CT molecular complexity index is 962. The minimum atomic E-state index is -0.344. The molecule has 0 spiro atoms. The molecule has 26 heavy (non-hydrogen) atoms. The molecule has 0 aliphatic heterocycles. The molecule has 7 heteroatoms. The first-order chi connectivity index (χ1) is 12.5. The molecule has 0 aliphatic rings. The highest BCUT2D eigenvalue weighted by Crippen LogP contribution is 2.23. The lowest BCUT2D eigenvalue weighted by molar-refractivity contribution is 0.0733. The molecule has 0 radical (unpaired) electrons. The van der Waals surface area contributed by atoms with Crippen LogP contribution in [0.2, 0.25) is 0 Å². The van der Waals surface area contributed by atoms with Crippen molar-refractivity contribution in [2.24, 2.45) is 0 Å². The number of nitrogens with zero attached hydrogens (tertiary/aromatic N) is 2. The van der Waals surface area contributed by atoms with Gasteiger partial charge in [-0.05, 0) is 13.0 Å². The van der Waals surface area contributed by atoms with E-state index in [2.05, 4.69) is 15.2 Å². The Morgan fingerprint density at radius 3 is 2.62 bits per heavy atom. The van der Waals surface area contributed by atoms with Gasteiger partial charge in [-0.2, -0.15) is 5.10 Å². The van der Waals surface area contributed by atoms with Crippen molar-refractivity contribution in [1.82, 2.24) is 20.1 Å². The normalized spacial score (nSPS) is 11.8. The zero-order chi connectivity index (χ0) is 18.7. The van der Waals surface area contributed by atoms with Crippen molar-refractivity contribution in [1.29, 1.82) is 0 Å². The average molecular weight is 352 g/mol. The van der Waals surface area contributed by atoms with E-state index in [0.29, 0.717) is 0 Å². The van der Waals surface area contributed by atoms with Crippen LogP contribution in [-0.2, 0) is 0 Å². The van der Waals surface area contributed by atoms with Gasteiger partial charge < -0.3 is 14.6 Å². The first-order valence-electron chi connectivity index (χ1n) is 8.16. The van der Waals surface area contributed by atoms with E-state index in [9.17, 15) is 9.59 Å². The number of amides is 1. The molecule has 2 aromatic heterocycles. The number of ether oxygens (including phenoxy) is 1. The largest absolute Gasteiger partial charge is 0.491 e. The highest BCUT2D eigenvalue weighted by atomic mass is 16.5. The highest BCUT2D eigenvalue weighted by Gasteiger charge is 2.22. The fourth-order valence-corrected chi connectivity index (χ4v) is 2.62. The van der Waals surface area contributed by atoms with Gasteiger partial charge in [-0.25, -0.2) is 0 Å². The van der Waals surface area contributed by atoms with Crippen LogP contribution >= 0.6 is 0 Å². The lowest BCUT2D eigenvalue weighted by Gasteiger charge is -2.23. The summed E-state index contributed by atoms with van der Waals surface area (Å²) in [6, 6.07) is 12.7. The molecule has 1 amide bonds. The Balaban J connectivity index is 1.80. The van der Waals surface area contributed by atoms with Crippen LogP contribution in [0.1, 0.15) is 29.1 Å². The Morgan fingerprint density at radius 1 is 1.23 bits per heavy atom. The minimum Gasteiger partial charge on any atom is -0.491 e. The van der Waals surface area contributed by atoms with E-state index >= 15 is 0 Å². The van der Waals surface area contributed by atoms with Crippen molar-refractivity contribution in [3.63, 3.8) is 0 Å². The number of methoxy groups -OCH3 is 1. The molecule has 0 saturated carbocycles. The fraction of sp³-hybridized carbons (Fsp3) is 0.211. The van der Waals surface area contributed by atoms with E-state index < -0.39 is 0 Å². The average Bonchev–Trinajstić information content (AvgIpc) is 3.17. The predicted molar refractivity (Wildman–Crippen MR) is 98.1 cm³/mol. The molecule has 1 aromatic carbocycles. The molecular weight excluding hydrogens is 332 g/mol. The first kappa shape index (κ1) is 17.5. The van der Waals surface area contributed by atoms with Gasteiger partial charge in [0.25, 0.3) is 5.91 Å². The molecule has 0 aliphatic carbocycles. The van der Waals surface area contributed by atoms with Crippen molar-refractivity contribution in [3.8, 4) is 17.0 Å². The third-order valence-corrected chi connectivity index (χ3v) is 4.35. The van der Waals surface area contributed by atoms with Gasteiger partial charge in [0, 0.05) is 24.9 Å². The summed E-state index contributed by atoms with van der Waals surface area (Å²) in [5.41, 5.74) is 2.47. The van der Waals surface area contributed by atoms with Crippen molar-refractivity contribution < 1.29 is 9.53 Å². The number of H-pyrrole nitrogens is 2. The van der Waals surface area contributed by atoms with Gasteiger partial charge in [0.05, 0.1) is 24.5 Å². The Kier molecular flexibility index (Phi) is 4.88. The number of carbonyl (C=O) groups excluding carboxylic acids is 1. The zero-order valence-electron chi connectivity index (χ0n) is 14.8. The summed E-state index contributed by atoms with van der Waals surface area (Å²) >= 11 is 0. The second-order valence-electron chi connectivity index (χ2n) is 5.95. The van der Waals surface area contributed by atoms with E-state index in [-0.39, 0.29) is 28.8 Å². The van der Waals surface area contributed by atoms with Crippen LogP contribution < -0.4 is 10.2 Å². The van der Waals surface area contributed by atoms with Crippen LogP contribution in [0.4, 0.5) is 0 Å². The smallest absolute Gasteiger partial charge is 0.270 e. The number of aromatic nitrogens is 3. The molecule has 3 rings (SSSR count). The van der Waals surface area contributed by atoms with Crippen LogP contribution in [0.3, 0.4) is 0 Å². The second kappa shape index (κ2) is 7.26. The molecule has 3 aromatic rings. The van der Waals surface area contributed by atoms with Gasteiger partial charge in [0.1, 0.15) is 5.69 Å². The third-order valence-electron chi connectivity index (χ3n) is 4.35. The summed E-state index contributed by atoms with van der Waals surface area (Å²) in [4.78, 5) is 28.9. The molecule has 0 unspecified atom stereocenters. The van der Waals surface area contributed by atoms with Gasteiger partial charge in [0.15, 0.2) is 5.75 Å². The molecule has 134 valence electrons. The lowest BCUT2D eigenvalue weighted by Crippen LogP contribution is -2.31. The van der Waals surface area contributed by atoms with Crippen LogP contribution in [0, 0.1) is 0 Å². The minimum absolute atomic E-state index is 0.165. The number of carbonyl (C=O) groups is 1. The van der Waals surface area contributed by atoms with Crippen LogP contribution in [0.5, 0.6) is 5.75 Å². The van der Waals surface area contributed by atoms with Crippen molar-refractivity contribution in [2.75, 3.05) is 14.2 Å². The standard InChI is InChI=1S/C19H20N4O3/c1-12(14-9-15(22-21-14)13-7-5-4-6-8-13)23(2)19(25)16-10-17(24)18(26-3)11-20-16/h4-12H,1-3H3,(H,20,24)(H,21,22)/t12-/m0/s1. The Morgan fingerprint density at radius 2 is 1.96 bits per heavy atom. The number of aromatic amines is 2. The van der Waals surface area contributed by atoms with E-state index in [1.165, 1.54) is 19.4 Å². The van der Waals surface area contributed by atoms with E-state index in [0.717, 1.165) is 17.0 Å². The quantitative estimate of drug-likeness (QED) is 0.738. The molecule has 0 fully saturated rings. The SMILES string of the molecule is COc1c[nH]c(C(=O)N(C)[C@@H](C)c2cc(-c3ccccc3)n[nH]2)cc1=O. The Hall–Kier alpha value is -3.35. The molecular formula is C19H20N4O3. The summed E-state index contributed by atoms with van der Waals surface area (Å²) in [5, 5.41) is 7.31. The number of nitrogens with one attached hydrogen (secondary N) is 2. The summed E-state index contributed by atoms with van der Waals surface area (Å²) in [6.45, 7) is 1.89. The van der Waals surface area contributed by atoms with Crippen molar-refractivity contribution in [2.45, 2.75) is 13.0 Å². The molecule has 2 N–H and O–H groups in total. The first-order valence-corrected chi connectivity index (χ1v) is 8.16. The lowest BCUT2D eigenvalue weighted by atomic mass is 10.1. The maximum atomic E-state index is 12.7. The molecule has 0 saturated heterocycles. The van der Waals surface area contributed by atoms with Crippen LogP contribution in [0.15, 0.2) is 53.5 Å². The van der Waals surface area contributed by atoms with Gasteiger partial charge in [-0.3, -0.25) is 14.7 Å². The topological polar surface area (TPSA) is 91.1 Å². The van der Waals surface area contributed by atoms with E-state index in [1.54, 1.807) is 11.9 Å². The number of rotatable bonds is 5.